The largest absolute Gasteiger partial charge is 0.468 e. The summed E-state index contributed by atoms with van der Waals surface area (Å²) in [6, 6.07) is -0.572. The van der Waals surface area contributed by atoms with Crippen molar-refractivity contribution in [3.8, 4) is 0 Å². The Morgan fingerprint density at radius 2 is 1.25 bits per heavy atom. The van der Waals surface area contributed by atoms with E-state index in [2.05, 4.69) is 17.0 Å². The molecule has 0 unspecified atom stereocenters. The van der Waals surface area contributed by atoms with Crippen LogP contribution in [0, 0.1) is 0 Å². The van der Waals surface area contributed by atoms with E-state index < -0.39 is 6.04 Å². The van der Waals surface area contributed by atoms with E-state index in [9.17, 15) is 4.79 Å². The van der Waals surface area contributed by atoms with E-state index in [1.165, 1.54) is 90.6 Å². The van der Waals surface area contributed by atoms with Crippen LogP contribution in [0.3, 0.4) is 0 Å². The lowest BCUT2D eigenvalue weighted by Gasteiger charge is -2.13. The molecule has 0 aliphatic carbocycles. The summed E-state index contributed by atoms with van der Waals surface area (Å²) >= 11 is 0. The molecule has 24 heavy (non-hydrogen) atoms. The molecular formula is C20H41NO3. The van der Waals surface area contributed by atoms with Gasteiger partial charge in [0.05, 0.1) is 13.7 Å². The number of ether oxygens (including phenoxy) is 1. The summed E-state index contributed by atoms with van der Waals surface area (Å²) in [6.45, 7) is 2.83. The Morgan fingerprint density at radius 3 is 1.62 bits per heavy atom. The number of unbranched alkanes of at least 4 members (excludes halogenated alkanes) is 13. The molecule has 4 heteroatoms. The molecule has 0 aromatic heterocycles. The van der Waals surface area contributed by atoms with E-state index in [0.29, 0.717) is 0 Å². The first-order valence-electron chi connectivity index (χ1n) is 10.2. The van der Waals surface area contributed by atoms with Gasteiger partial charge >= 0.3 is 5.97 Å². The van der Waals surface area contributed by atoms with Crippen LogP contribution in [-0.2, 0) is 9.53 Å². The molecule has 144 valence electrons. The van der Waals surface area contributed by atoms with E-state index in [1.54, 1.807) is 0 Å². The fourth-order valence-corrected chi connectivity index (χ4v) is 2.96. The molecular weight excluding hydrogens is 302 g/mol. The minimum Gasteiger partial charge on any atom is -0.468 e. The summed E-state index contributed by atoms with van der Waals surface area (Å²) in [4.78, 5) is 11.3. The van der Waals surface area contributed by atoms with E-state index in [4.69, 9.17) is 5.11 Å². The quantitative estimate of drug-likeness (QED) is 0.282. The van der Waals surface area contributed by atoms with Crippen molar-refractivity contribution < 1.29 is 14.6 Å². The van der Waals surface area contributed by atoms with Crippen molar-refractivity contribution in [1.82, 2.24) is 5.32 Å². The first-order valence-corrected chi connectivity index (χ1v) is 10.2. The Kier molecular flexibility index (Phi) is 18.2. The van der Waals surface area contributed by atoms with Crippen LogP contribution in [0.5, 0.6) is 0 Å². The van der Waals surface area contributed by atoms with Gasteiger partial charge in [-0.15, -0.1) is 0 Å². The predicted molar refractivity (Wildman–Crippen MR) is 101 cm³/mol. The van der Waals surface area contributed by atoms with Crippen molar-refractivity contribution in [2.24, 2.45) is 0 Å². The number of nitrogens with one attached hydrogen (secondary N) is 1. The van der Waals surface area contributed by atoms with Gasteiger partial charge in [0.15, 0.2) is 0 Å². The van der Waals surface area contributed by atoms with Gasteiger partial charge < -0.3 is 15.2 Å². The molecule has 0 aromatic rings. The predicted octanol–water partition coefficient (Wildman–Crippen LogP) is 4.59. The monoisotopic (exact) mass is 343 g/mol. The van der Waals surface area contributed by atoms with Crippen molar-refractivity contribution in [2.75, 3.05) is 20.3 Å². The molecule has 0 rings (SSSR count). The highest BCUT2D eigenvalue weighted by molar-refractivity contribution is 5.75. The van der Waals surface area contributed by atoms with Crippen molar-refractivity contribution in [2.45, 2.75) is 103 Å². The second-order valence-corrected chi connectivity index (χ2v) is 6.81. The summed E-state index contributed by atoms with van der Waals surface area (Å²) in [5.41, 5.74) is 0. The second-order valence-electron chi connectivity index (χ2n) is 6.81. The number of aliphatic hydroxyl groups is 1. The summed E-state index contributed by atoms with van der Waals surface area (Å²) < 4.78 is 4.62. The van der Waals surface area contributed by atoms with Crippen LogP contribution < -0.4 is 5.32 Å². The van der Waals surface area contributed by atoms with Crippen LogP contribution in [0.15, 0.2) is 0 Å². The Hall–Kier alpha value is -0.610. The van der Waals surface area contributed by atoms with Crippen LogP contribution in [0.2, 0.25) is 0 Å². The second kappa shape index (κ2) is 18.7. The Bertz CT molecular complexity index is 272. The summed E-state index contributed by atoms with van der Waals surface area (Å²) in [6.07, 6.45) is 18.8. The van der Waals surface area contributed by atoms with Gasteiger partial charge in [-0.3, -0.25) is 4.79 Å². The average molecular weight is 344 g/mol. The Morgan fingerprint density at radius 1 is 0.833 bits per heavy atom. The number of hydrogen-bond acceptors (Lipinski definition) is 4. The van der Waals surface area contributed by atoms with Crippen molar-refractivity contribution in [1.29, 1.82) is 0 Å². The van der Waals surface area contributed by atoms with Gasteiger partial charge in [0.2, 0.25) is 0 Å². The van der Waals surface area contributed by atoms with Crippen LogP contribution in [0.4, 0.5) is 0 Å². The molecule has 0 saturated heterocycles. The molecule has 0 radical (unpaired) electrons. The first kappa shape index (κ1) is 23.4. The molecule has 0 fully saturated rings. The zero-order chi connectivity index (χ0) is 17.9. The highest BCUT2D eigenvalue weighted by Gasteiger charge is 2.16. The van der Waals surface area contributed by atoms with Crippen LogP contribution in [0.1, 0.15) is 96.8 Å². The average Bonchev–Trinajstić information content (AvgIpc) is 2.61. The van der Waals surface area contributed by atoms with Crippen molar-refractivity contribution >= 4 is 5.97 Å². The number of methoxy groups -OCH3 is 1. The lowest BCUT2D eigenvalue weighted by Crippen LogP contribution is -2.41. The fourth-order valence-electron chi connectivity index (χ4n) is 2.96. The van der Waals surface area contributed by atoms with Crippen molar-refractivity contribution in [3.63, 3.8) is 0 Å². The summed E-state index contributed by atoms with van der Waals surface area (Å²) in [7, 11) is 1.35. The number of hydrogen-bond donors (Lipinski definition) is 2. The maximum atomic E-state index is 11.3. The number of rotatable bonds is 18. The molecule has 0 spiro atoms. The third-order valence-electron chi connectivity index (χ3n) is 4.59. The zero-order valence-electron chi connectivity index (χ0n) is 16.2. The number of carbonyl (C=O) groups excluding carboxylic acids is 1. The number of aliphatic hydroxyl groups excluding tert-OH is 1. The maximum absolute atomic E-state index is 11.3. The molecule has 0 aliphatic heterocycles. The molecule has 0 amide bonds. The van der Waals surface area contributed by atoms with Gasteiger partial charge in [0.25, 0.3) is 0 Å². The van der Waals surface area contributed by atoms with Gasteiger partial charge in [0.1, 0.15) is 6.04 Å². The molecule has 2 N–H and O–H groups in total. The molecule has 0 aliphatic rings. The topological polar surface area (TPSA) is 58.6 Å². The van der Waals surface area contributed by atoms with Gasteiger partial charge in [-0.1, -0.05) is 90.4 Å². The Balaban J connectivity index is 3.19. The van der Waals surface area contributed by atoms with Crippen LogP contribution in [-0.4, -0.2) is 37.4 Å². The highest BCUT2D eigenvalue weighted by Crippen LogP contribution is 2.12. The normalized spacial score (nSPS) is 12.3. The smallest absolute Gasteiger partial charge is 0.325 e. The third kappa shape index (κ3) is 14.9. The zero-order valence-corrected chi connectivity index (χ0v) is 16.2. The van der Waals surface area contributed by atoms with Gasteiger partial charge in [0, 0.05) is 0 Å². The third-order valence-corrected chi connectivity index (χ3v) is 4.59. The van der Waals surface area contributed by atoms with Gasteiger partial charge in [-0.25, -0.2) is 0 Å². The standard InChI is InChI=1S/C20H41NO3/c1-3-4-5-6-7-8-9-10-11-12-13-14-15-16-17-21-19(18-22)20(23)24-2/h19,21-22H,3-18H2,1-2H3/t19-/m0/s1. The summed E-state index contributed by atoms with van der Waals surface area (Å²) in [5, 5.41) is 12.1. The van der Waals surface area contributed by atoms with E-state index in [1.807, 2.05) is 0 Å². The summed E-state index contributed by atoms with van der Waals surface area (Å²) in [5.74, 6) is -0.386. The number of esters is 1. The Labute approximate surface area is 149 Å². The molecule has 0 bridgehead atoms. The van der Waals surface area contributed by atoms with E-state index in [-0.39, 0.29) is 12.6 Å². The molecule has 0 saturated carbocycles. The maximum Gasteiger partial charge on any atom is 0.325 e. The molecule has 0 aromatic carbocycles. The molecule has 0 heterocycles. The molecule has 1 atom stereocenters. The lowest BCUT2D eigenvalue weighted by molar-refractivity contribution is -0.144. The van der Waals surface area contributed by atoms with Gasteiger partial charge in [-0.05, 0) is 13.0 Å². The number of carbonyl (C=O) groups is 1. The van der Waals surface area contributed by atoms with Gasteiger partial charge in [-0.2, -0.15) is 0 Å². The minimum absolute atomic E-state index is 0.203. The fraction of sp³-hybridized carbons (Fsp3) is 0.950. The van der Waals surface area contributed by atoms with E-state index in [0.717, 1.165) is 13.0 Å². The van der Waals surface area contributed by atoms with Crippen LogP contribution >= 0.6 is 0 Å². The van der Waals surface area contributed by atoms with Crippen molar-refractivity contribution in [3.05, 3.63) is 0 Å². The highest BCUT2D eigenvalue weighted by atomic mass is 16.5. The first-order chi connectivity index (χ1) is 11.8. The minimum atomic E-state index is -0.572. The molecule has 4 nitrogen and oxygen atoms in total. The van der Waals surface area contributed by atoms with E-state index >= 15 is 0 Å². The SMILES string of the molecule is CCCCCCCCCCCCCCCCN[C@@H](CO)C(=O)OC. The van der Waals surface area contributed by atoms with Crippen LogP contribution in [0.25, 0.3) is 0 Å². The lowest BCUT2D eigenvalue weighted by atomic mass is 10.0.